The monoisotopic (exact) mass is 448 g/mol. The van der Waals surface area contributed by atoms with Crippen LogP contribution in [-0.2, 0) is 16.0 Å². The summed E-state index contributed by atoms with van der Waals surface area (Å²) in [7, 11) is 0. The zero-order valence-electron chi connectivity index (χ0n) is 20.2. The maximum absolute atomic E-state index is 14.0. The van der Waals surface area contributed by atoms with Gasteiger partial charge in [0.1, 0.15) is 0 Å². The van der Waals surface area contributed by atoms with Crippen LogP contribution in [0.1, 0.15) is 68.3 Å². The number of likely N-dealkylation sites (tertiary alicyclic amines) is 2. The molecule has 2 aliphatic heterocycles. The van der Waals surface area contributed by atoms with Gasteiger partial charge in [0.2, 0.25) is 11.8 Å². The highest BCUT2D eigenvalue weighted by molar-refractivity contribution is 5.88. The highest BCUT2D eigenvalue weighted by atomic mass is 16.2. The Morgan fingerprint density at radius 3 is 2.64 bits per heavy atom. The van der Waals surface area contributed by atoms with E-state index in [0.717, 1.165) is 37.2 Å². The van der Waals surface area contributed by atoms with Gasteiger partial charge in [0, 0.05) is 44.3 Å². The van der Waals surface area contributed by atoms with Gasteiger partial charge in [-0.3, -0.25) is 9.59 Å². The highest BCUT2D eigenvalue weighted by Crippen LogP contribution is 2.49. The average Bonchev–Trinajstić information content (AvgIpc) is 3.32. The Morgan fingerprint density at radius 2 is 1.97 bits per heavy atom. The maximum Gasteiger partial charge on any atom is 0.231 e. The highest BCUT2D eigenvalue weighted by Gasteiger charge is 2.57. The maximum atomic E-state index is 14.0. The number of nitrogens with zero attached hydrogens (tertiary/aromatic N) is 4. The summed E-state index contributed by atoms with van der Waals surface area (Å²) < 4.78 is 2.11. The largest absolute Gasteiger partial charge is 0.342 e. The SMILES string of the molecule is Cc1ccc(CC(=O)N2CC(c3cn(C(C)C)cn3)C3(CCCN(CC4CC4)C3=O)C2)cc1. The summed E-state index contributed by atoms with van der Waals surface area (Å²) >= 11 is 0. The van der Waals surface area contributed by atoms with Crippen molar-refractivity contribution in [3.63, 3.8) is 0 Å². The molecule has 33 heavy (non-hydrogen) atoms. The van der Waals surface area contributed by atoms with E-state index in [1.165, 1.54) is 18.4 Å². The fourth-order valence-corrected chi connectivity index (χ4v) is 5.65. The fourth-order valence-electron chi connectivity index (χ4n) is 5.65. The quantitative estimate of drug-likeness (QED) is 0.672. The summed E-state index contributed by atoms with van der Waals surface area (Å²) in [5.41, 5.74) is 2.62. The molecule has 176 valence electrons. The van der Waals surface area contributed by atoms with Gasteiger partial charge in [-0.1, -0.05) is 29.8 Å². The van der Waals surface area contributed by atoms with Crippen molar-refractivity contribution >= 4 is 11.8 Å². The molecule has 0 N–H and O–H groups in total. The van der Waals surface area contributed by atoms with Crippen molar-refractivity contribution in [3.8, 4) is 0 Å². The second kappa shape index (κ2) is 8.62. The van der Waals surface area contributed by atoms with Gasteiger partial charge in [-0.15, -0.1) is 0 Å². The summed E-state index contributed by atoms with van der Waals surface area (Å²) in [5, 5.41) is 0. The lowest BCUT2D eigenvalue weighted by Crippen LogP contribution is -2.53. The van der Waals surface area contributed by atoms with E-state index in [0.29, 0.717) is 31.5 Å². The number of hydrogen-bond donors (Lipinski definition) is 0. The molecule has 6 nitrogen and oxygen atoms in total. The van der Waals surface area contributed by atoms with Gasteiger partial charge in [-0.2, -0.15) is 0 Å². The molecule has 2 amide bonds. The number of rotatable bonds is 6. The summed E-state index contributed by atoms with van der Waals surface area (Å²) in [6.07, 6.45) is 8.65. The molecular formula is C27H36N4O2. The Kier molecular flexibility index (Phi) is 5.79. The third kappa shape index (κ3) is 4.32. The van der Waals surface area contributed by atoms with Crippen molar-refractivity contribution < 1.29 is 9.59 Å². The van der Waals surface area contributed by atoms with E-state index in [9.17, 15) is 9.59 Å². The molecule has 2 unspecified atom stereocenters. The standard InChI is InChI=1S/C27H36N4O2/c1-19(2)31-16-24(28-18-31)23-15-30(25(32)13-21-7-5-20(3)6-8-21)17-27(23)11-4-12-29(26(27)33)14-22-9-10-22/h5-8,16,18-19,22-23H,4,9-15,17H2,1-3H3. The van der Waals surface area contributed by atoms with Crippen LogP contribution in [0.4, 0.5) is 0 Å². The van der Waals surface area contributed by atoms with Gasteiger partial charge in [0.15, 0.2) is 0 Å². The minimum Gasteiger partial charge on any atom is -0.342 e. The molecular weight excluding hydrogens is 412 g/mol. The van der Waals surface area contributed by atoms with Gasteiger partial charge in [-0.25, -0.2) is 4.98 Å². The minimum atomic E-state index is -0.549. The first-order chi connectivity index (χ1) is 15.9. The summed E-state index contributed by atoms with van der Waals surface area (Å²) in [4.78, 5) is 36.1. The van der Waals surface area contributed by atoms with E-state index in [1.54, 1.807) is 0 Å². The number of piperidine rings is 1. The molecule has 1 saturated carbocycles. The van der Waals surface area contributed by atoms with Crippen LogP contribution in [-0.4, -0.2) is 57.3 Å². The van der Waals surface area contributed by atoms with Crippen LogP contribution in [0.15, 0.2) is 36.8 Å². The molecule has 3 aliphatic rings. The fraction of sp³-hybridized carbons (Fsp3) is 0.593. The second-order valence-electron chi connectivity index (χ2n) is 10.8. The average molecular weight is 449 g/mol. The van der Waals surface area contributed by atoms with E-state index >= 15 is 0 Å². The molecule has 1 aliphatic carbocycles. The van der Waals surface area contributed by atoms with Gasteiger partial charge >= 0.3 is 0 Å². The van der Waals surface area contributed by atoms with E-state index in [1.807, 2.05) is 23.4 Å². The molecule has 1 spiro atoms. The Hall–Kier alpha value is -2.63. The van der Waals surface area contributed by atoms with E-state index in [2.05, 4.69) is 48.6 Å². The summed E-state index contributed by atoms with van der Waals surface area (Å²) in [6.45, 7) is 9.14. The molecule has 5 rings (SSSR count). The molecule has 0 radical (unpaired) electrons. The first-order valence-corrected chi connectivity index (χ1v) is 12.5. The Morgan fingerprint density at radius 1 is 1.21 bits per heavy atom. The molecule has 3 heterocycles. The number of amides is 2. The molecule has 1 aromatic carbocycles. The van der Waals surface area contributed by atoms with E-state index in [-0.39, 0.29) is 17.7 Å². The van der Waals surface area contributed by atoms with Crippen molar-refractivity contribution in [2.45, 2.75) is 64.8 Å². The van der Waals surface area contributed by atoms with Crippen LogP contribution in [0.2, 0.25) is 0 Å². The van der Waals surface area contributed by atoms with E-state index in [4.69, 9.17) is 4.98 Å². The third-order valence-corrected chi connectivity index (χ3v) is 7.89. The summed E-state index contributed by atoms with van der Waals surface area (Å²) in [6, 6.07) is 8.48. The van der Waals surface area contributed by atoms with Crippen molar-refractivity contribution in [1.29, 1.82) is 0 Å². The predicted molar refractivity (Wildman–Crippen MR) is 128 cm³/mol. The number of hydrogen-bond acceptors (Lipinski definition) is 3. The molecule has 0 bridgehead atoms. The number of carbonyl (C=O) groups excluding carboxylic acids is 2. The zero-order chi connectivity index (χ0) is 23.2. The van der Waals surface area contributed by atoms with Crippen LogP contribution < -0.4 is 0 Å². The summed E-state index contributed by atoms with van der Waals surface area (Å²) in [5.74, 6) is 0.976. The first kappa shape index (κ1) is 22.2. The minimum absolute atomic E-state index is 0.0472. The van der Waals surface area contributed by atoms with Crippen molar-refractivity contribution in [2.75, 3.05) is 26.2 Å². The van der Waals surface area contributed by atoms with Gasteiger partial charge in [0.25, 0.3) is 0 Å². The molecule has 3 fully saturated rings. The number of aryl methyl sites for hydroxylation is 1. The normalized spacial score (nSPS) is 25.5. The molecule has 2 aromatic rings. The van der Waals surface area contributed by atoms with Crippen LogP contribution in [0.5, 0.6) is 0 Å². The number of aromatic nitrogens is 2. The smallest absolute Gasteiger partial charge is 0.231 e. The number of carbonyl (C=O) groups is 2. The van der Waals surface area contributed by atoms with Gasteiger partial charge in [0.05, 0.1) is 23.9 Å². The Labute approximate surface area is 197 Å². The first-order valence-electron chi connectivity index (χ1n) is 12.5. The lowest BCUT2D eigenvalue weighted by atomic mass is 9.70. The zero-order valence-corrected chi connectivity index (χ0v) is 20.2. The lowest BCUT2D eigenvalue weighted by Gasteiger charge is -2.42. The van der Waals surface area contributed by atoms with Gasteiger partial charge in [-0.05, 0) is 57.9 Å². The Balaban J connectivity index is 1.43. The lowest BCUT2D eigenvalue weighted by molar-refractivity contribution is -0.147. The molecule has 1 aromatic heterocycles. The number of benzene rings is 1. The predicted octanol–water partition coefficient (Wildman–Crippen LogP) is 3.96. The van der Waals surface area contributed by atoms with E-state index < -0.39 is 5.41 Å². The molecule has 6 heteroatoms. The second-order valence-corrected chi connectivity index (χ2v) is 10.8. The van der Waals surface area contributed by atoms with Crippen LogP contribution in [0.3, 0.4) is 0 Å². The third-order valence-electron chi connectivity index (χ3n) is 7.89. The number of imidazole rings is 1. The van der Waals surface area contributed by atoms with Crippen LogP contribution in [0, 0.1) is 18.3 Å². The van der Waals surface area contributed by atoms with Crippen molar-refractivity contribution in [2.24, 2.45) is 11.3 Å². The van der Waals surface area contributed by atoms with Gasteiger partial charge < -0.3 is 14.4 Å². The topological polar surface area (TPSA) is 58.4 Å². The molecule has 2 atom stereocenters. The Bertz CT molecular complexity index is 1020. The van der Waals surface area contributed by atoms with Crippen LogP contribution in [0.25, 0.3) is 0 Å². The van der Waals surface area contributed by atoms with Crippen molar-refractivity contribution in [3.05, 3.63) is 53.6 Å². The molecule has 2 saturated heterocycles. The van der Waals surface area contributed by atoms with Crippen molar-refractivity contribution in [1.82, 2.24) is 19.4 Å². The van der Waals surface area contributed by atoms with Crippen LogP contribution >= 0.6 is 0 Å².